The van der Waals surface area contributed by atoms with Gasteiger partial charge in [-0.3, -0.25) is 4.79 Å². The number of nitrogens with two attached hydrogens (primary N) is 1. The van der Waals surface area contributed by atoms with Gasteiger partial charge in [0.25, 0.3) is 0 Å². The maximum Gasteiger partial charge on any atom is 0.318 e. The molecule has 0 aromatic rings. The van der Waals surface area contributed by atoms with Crippen molar-refractivity contribution in [1.29, 1.82) is 0 Å². The molecule has 1 rings (SSSR count). The van der Waals surface area contributed by atoms with E-state index < -0.39 is 11.4 Å². The van der Waals surface area contributed by atoms with Crippen molar-refractivity contribution in [3.63, 3.8) is 0 Å². The van der Waals surface area contributed by atoms with Gasteiger partial charge in [-0.2, -0.15) is 0 Å². The second kappa shape index (κ2) is 3.86. The van der Waals surface area contributed by atoms with Crippen LogP contribution < -0.4 is 11.1 Å². The van der Waals surface area contributed by atoms with Gasteiger partial charge in [-0.1, -0.05) is 6.92 Å². The zero-order valence-corrected chi connectivity index (χ0v) is 8.67. The van der Waals surface area contributed by atoms with Gasteiger partial charge in [-0.25, -0.2) is 4.79 Å². The third-order valence-corrected chi connectivity index (χ3v) is 2.89. The van der Waals surface area contributed by atoms with Gasteiger partial charge in [0.15, 0.2) is 0 Å². The minimum Gasteiger partial charge on any atom is -0.368 e. The van der Waals surface area contributed by atoms with Crippen LogP contribution in [-0.2, 0) is 4.79 Å². The summed E-state index contributed by atoms with van der Waals surface area (Å²) in [5, 5.41) is 2.71. The highest BCUT2D eigenvalue weighted by molar-refractivity contribution is 5.89. The Morgan fingerprint density at radius 3 is 2.79 bits per heavy atom. The first kappa shape index (κ1) is 10.8. The molecule has 14 heavy (non-hydrogen) atoms. The molecule has 1 aliphatic heterocycles. The van der Waals surface area contributed by atoms with E-state index in [1.54, 1.807) is 6.92 Å². The summed E-state index contributed by atoms with van der Waals surface area (Å²) in [4.78, 5) is 24.3. The van der Waals surface area contributed by atoms with E-state index in [-0.39, 0.29) is 6.03 Å². The van der Waals surface area contributed by atoms with E-state index in [4.69, 9.17) is 5.73 Å². The summed E-state index contributed by atoms with van der Waals surface area (Å²) in [7, 11) is 0. The Kier molecular flexibility index (Phi) is 2.98. The van der Waals surface area contributed by atoms with Gasteiger partial charge < -0.3 is 16.0 Å². The highest BCUT2D eigenvalue weighted by Crippen LogP contribution is 2.20. The van der Waals surface area contributed by atoms with Crippen LogP contribution >= 0.6 is 0 Å². The van der Waals surface area contributed by atoms with Gasteiger partial charge in [0.05, 0.1) is 0 Å². The van der Waals surface area contributed by atoms with Crippen LogP contribution in [0, 0.1) is 0 Å². The van der Waals surface area contributed by atoms with E-state index in [0.717, 1.165) is 6.42 Å². The molecule has 1 saturated heterocycles. The van der Waals surface area contributed by atoms with Crippen LogP contribution in [0.5, 0.6) is 0 Å². The molecule has 3 N–H and O–H groups in total. The molecule has 0 radical (unpaired) electrons. The molecule has 1 atom stereocenters. The number of hydrogen-bond donors (Lipinski definition) is 2. The number of rotatable bonds is 3. The predicted octanol–water partition coefficient (Wildman–Crippen LogP) is 0.0557. The lowest BCUT2D eigenvalue weighted by atomic mass is 9.95. The van der Waals surface area contributed by atoms with E-state index in [1.165, 1.54) is 4.90 Å². The minimum atomic E-state index is -0.857. The molecule has 80 valence electrons. The van der Waals surface area contributed by atoms with Gasteiger partial charge in [0, 0.05) is 13.1 Å². The van der Waals surface area contributed by atoms with Gasteiger partial charge in [-0.05, 0) is 19.8 Å². The number of urea groups is 1. The van der Waals surface area contributed by atoms with Crippen LogP contribution in [-0.4, -0.2) is 35.5 Å². The Balaban J connectivity index is 2.87. The van der Waals surface area contributed by atoms with Crippen LogP contribution in [0.25, 0.3) is 0 Å². The maximum absolute atomic E-state index is 11.5. The van der Waals surface area contributed by atoms with Gasteiger partial charge >= 0.3 is 6.03 Å². The largest absolute Gasteiger partial charge is 0.368 e. The van der Waals surface area contributed by atoms with Crippen LogP contribution in [0.2, 0.25) is 0 Å². The summed E-state index contributed by atoms with van der Waals surface area (Å²) in [5.74, 6) is -0.447. The third kappa shape index (κ3) is 1.66. The van der Waals surface area contributed by atoms with Crippen LogP contribution in [0.4, 0.5) is 4.79 Å². The first-order valence-electron chi connectivity index (χ1n) is 4.87. The number of nitrogens with one attached hydrogen (secondary N) is 1. The quantitative estimate of drug-likeness (QED) is 0.674. The van der Waals surface area contributed by atoms with Crippen molar-refractivity contribution >= 4 is 11.9 Å². The third-order valence-electron chi connectivity index (χ3n) is 2.89. The molecule has 0 aliphatic carbocycles. The SMILES string of the molecule is CCC(C)(C(N)=O)N1CCCNC1=O. The number of carbonyl (C=O) groups is 2. The summed E-state index contributed by atoms with van der Waals surface area (Å²) in [6.45, 7) is 4.83. The standard InChI is InChI=1S/C9H17N3O2/c1-3-9(2,7(10)13)12-6-4-5-11-8(12)14/h3-6H2,1-2H3,(H2,10,13)(H,11,14). The summed E-state index contributed by atoms with van der Waals surface area (Å²) in [5.41, 5.74) is 4.46. The van der Waals surface area contributed by atoms with Crippen LogP contribution in [0.15, 0.2) is 0 Å². The Morgan fingerprint density at radius 2 is 2.36 bits per heavy atom. The molecule has 0 bridgehead atoms. The van der Waals surface area contributed by atoms with Crippen molar-refractivity contribution in [3.8, 4) is 0 Å². The highest BCUT2D eigenvalue weighted by Gasteiger charge is 2.39. The summed E-state index contributed by atoms with van der Waals surface area (Å²) < 4.78 is 0. The molecule has 1 aliphatic rings. The Labute approximate surface area is 83.6 Å². The Morgan fingerprint density at radius 1 is 1.71 bits per heavy atom. The zero-order valence-electron chi connectivity index (χ0n) is 8.67. The maximum atomic E-state index is 11.5. The lowest BCUT2D eigenvalue weighted by Gasteiger charge is -2.40. The molecule has 0 aromatic carbocycles. The van der Waals surface area contributed by atoms with Crippen molar-refractivity contribution in [2.75, 3.05) is 13.1 Å². The van der Waals surface area contributed by atoms with Crippen molar-refractivity contribution in [2.45, 2.75) is 32.2 Å². The normalized spacial score (nSPS) is 21.3. The lowest BCUT2D eigenvalue weighted by molar-refractivity contribution is -0.128. The van der Waals surface area contributed by atoms with E-state index in [1.807, 2.05) is 6.92 Å². The number of amides is 3. The molecule has 0 aromatic heterocycles. The van der Waals surface area contributed by atoms with E-state index >= 15 is 0 Å². The van der Waals surface area contributed by atoms with Crippen molar-refractivity contribution < 1.29 is 9.59 Å². The number of hydrogen-bond acceptors (Lipinski definition) is 2. The van der Waals surface area contributed by atoms with E-state index in [2.05, 4.69) is 5.32 Å². The summed E-state index contributed by atoms with van der Waals surface area (Å²) in [6, 6.07) is -0.195. The summed E-state index contributed by atoms with van der Waals surface area (Å²) >= 11 is 0. The molecule has 0 saturated carbocycles. The lowest BCUT2D eigenvalue weighted by Crippen LogP contribution is -2.62. The molecule has 5 nitrogen and oxygen atoms in total. The van der Waals surface area contributed by atoms with Gasteiger partial charge in [-0.15, -0.1) is 0 Å². The van der Waals surface area contributed by atoms with Gasteiger partial charge in [0.1, 0.15) is 5.54 Å². The molecular formula is C9H17N3O2. The van der Waals surface area contributed by atoms with Crippen LogP contribution in [0.3, 0.4) is 0 Å². The number of primary amides is 1. The van der Waals surface area contributed by atoms with Crippen molar-refractivity contribution in [3.05, 3.63) is 0 Å². The molecule has 1 unspecified atom stereocenters. The van der Waals surface area contributed by atoms with Crippen molar-refractivity contribution in [1.82, 2.24) is 10.2 Å². The second-order valence-corrected chi connectivity index (χ2v) is 3.73. The van der Waals surface area contributed by atoms with Crippen LogP contribution in [0.1, 0.15) is 26.7 Å². The van der Waals surface area contributed by atoms with Gasteiger partial charge in [0.2, 0.25) is 5.91 Å². The van der Waals surface area contributed by atoms with Crippen molar-refractivity contribution in [2.24, 2.45) is 5.73 Å². The van der Waals surface area contributed by atoms with E-state index in [0.29, 0.717) is 19.5 Å². The molecule has 5 heteroatoms. The first-order chi connectivity index (χ1) is 6.52. The average Bonchev–Trinajstić information content (AvgIpc) is 2.17. The molecule has 1 heterocycles. The fraction of sp³-hybridized carbons (Fsp3) is 0.778. The smallest absolute Gasteiger partial charge is 0.318 e. The molecular weight excluding hydrogens is 182 g/mol. The molecule has 3 amide bonds. The van der Waals surface area contributed by atoms with E-state index in [9.17, 15) is 9.59 Å². The average molecular weight is 199 g/mol. The second-order valence-electron chi connectivity index (χ2n) is 3.73. The fourth-order valence-electron chi connectivity index (χ4n) is 1.60. The summed E-state index contributed by atoms with van der Waals surface area (Å²) in [6.07, 6.45) is 1.39. The number of nitrogens with zero attached hydrogens (tertiary/aromatic N) is 1. The fourth-order valence-corrected chi connectivity index (χ4v) is 1.60. The number of carbonyl (C=O) groups excluding carboxylic acids is 2. The topological polar surface area (TPSA) is 75.4 Å². The Hall–Kier alpha value is -1.26. The molecule has 0 spiro atoms. The highest BCUT2D eigenvalue weighted by atomic mass is 16.2. The molecule has 1 fully saturated rings. The predicted molar refractivity (Wildman–Crippen MR) is 52.6 cm³/mol. The zero-order chi connectivity index (χ0) is 10.8. The first-order valence-corrected chi connectivity index (χ1v) is 4.87. The minimum absolute atomic E-state index is 0.195. The Bertz CT molecular complexity index is 254. The monoisotopic (exact) mass is 199 g/mol.